The highest BCUT2D eigenvalue weighted by atomic mass is 19.4. The van der Waals surface area contributed by atoms with Gasteiger partial charge in [0.05, 0.1) is 12.2 Å². The highest BCUT2D eigenvalue weighted by Crippen LogP contribution is 2.23. The molecule has 1 aromatic rings. The summed E-state index contributed by atoms with van der Waals surface area (Å²) in [4.78, 5) is 14.2. The van der Waals surface area contributed by atoms with E-state index in [0.29, 0.717) is 6.07 Å². The van der Waals surface area contributed by atoms with Crippen molar-refractivity contribution in [2.45, 2.75) is 13.3 Å². The van der Waals surface area contributed by atoms with Crippen molar-refractivity contribution in [2.24, 2.45) is 0 Å². The molecule has 4 nitrogen and oxygen atoms in total. The molecule has 1 rings (SSSR count). The van der Waals surface area contributed by atoms with Crippen LogP contribution >= 0.6 is 0 Å². The van der Waals surface area contributed by atoms with Crippen molar-refractivity contribution in [3.8, 4) is 5.88 Å². The molecule has 0 amide bonds. The number of carbonyl (C=O) groups is 1. The summed E-state index contributed by atoms with van der Waals surface area (Å²) in [5, 5.41) is 0. The normalized spacial score (nSPS) is 11.1. The van der Waals surface area contributed by atoms with Crippen LogP contribution in [0.2, 0.25) is 0 Å². The Kier molecular flexibility index (Phi) is 3.87. The number of hydrogen-bond donors (Lipinski definition) is 0. The van der Waals surface area contributed by atoms with Crippen LogP contribution in [-0.4, -0.2) is 23.9 Å². The van der Waals surface area contributed by atoms with Crippen LogP contribution in [0.25, 0.3) is 0 Å². The van der Waals surface area contributed by atoms with Gasteiger partial charge in [-0.25, -0.2) is 14.2 Å². The SMILES string of the molecule is CCOC(=O)c1cnc(OC(F)(F)F)c(F)c1. The molecule has 1 heterocycles. The largest absolute Gasteiger partial charge is 0.574 e. The van der Waals surface area contributed by atoms with Gasteiger partial charge in [0.1, 0.15) is 0 Å². The van der Waals surface area contributed by atoms with Crippen LogP contribution in [0.1, 0.15) is 17.3 Å². The maximum atomic E-state index is 13.1. The number of halogens is 4. The second kappa shape index (κ2) is 4.98. The van der Waals surface area contributed by atoms with Crippen LogP contribution in [0.5, 0.6) is 5.88 Å². The first kappa shape index (κ1) is 13.2. The van der Waals surface area contributed by atoms with Gasteiger partial charge < -0.3 is 9.47 Å². The van der Waals surface area contributed by atoms with Crippen LogP contribution in [0.15, 0.2) is 12.3 Å². The number of ether oxygens (including phenoxy) is 2. The Hall–Kier alpha value is -1.86. The van der Waals surface area contributed by atoms with E-state index in [1.54, 1.807) is 0 Å². The summed E-state index contributed by atoms with van der Waals surface area (Å²) in [6, 6.07) is 0.562. The predicted octanol–water partition coefficient (Wildman–Crippen LogP) is 2.30. The molecular formula is C9H7F4NO3. The third kappa shape index (κ3) is 3.89. The summed E-state index contributed by atoms with van der Waals surface area (Å²) in [5.41, 5.74) is -0.293. The molecule has 0 fully saturated rings. The van der Waals surface area contributed by atoms with E-state index in [2.05, 4.69) is 14.5 Å². The molecule has 0 saturated heterocycles. The van der Waals surface area contributed by atoms with Gasteiger partial charge in [0.15, 0.2) is 5.82 Å². The average molecular weight is 253 g/mol. The molecule has 0 aromatic carbocycles. The first-order chi connectivity index (χ1) is 7.83. The minimum Gasteiger partial charge on any atom is -0.462 e. The fourth-order valence-electron chi connectivity index (χ4n) is 0.936. The molecule has 0 N–H and O–H groups in total. The summed E-state index contributed by atoms with van der Waals surface area (Å²) < 4.78 is 56.2. The lowest BCUT2D eigenvalue weighted by Gasteiger charge is -2.09. The van der Waals surface area contributed by atoms with E-state index in [1.807, 2.05) is 0 Å². The minimum atomic E-state index is -5.04. The van der Waals surface area contributed by atoms with Gasteiger partial charge in [-0.05, 0) is 13.0 Å². The Balaban J connectivity index is 2.90. The van der Waals surface area contributed by atoms with Crippen molar-refractivity contribution >= 4 is 5.97 Å². The molecule has 0 spiro atoms. The number of alkyl halides is 3. The van der Waals surface area contributed by atoms with Crippen LogP contribution in [0.4, 0.5) is 17.6 Å². The second-order valence-electron chi connectivity index (χ2n) is 2.78. The second-order valence-corrected chi connectivity index (χ2v) is 2.78. The number of carbonyl (C=O) groups excluding carboxylic acids is 1. The molecule has 94 valence electrons. The minimum absolute atomic E-state index is 0.0568. The smallest absolute Gasteiger partial charge is 0.462 e. The van der Waals surface area contributed by atoms with Crippen molar-refractivity contribution in [3.63, 3.8) is 0 Å². The number of aromatic nitrogens is 1. The van der Waals surface area contributed by atoms with E-state index in [4.69, 9.17) is 0 Å². The van der Waals surface area contributed by atoms with Crippen LogP contribution < -0.4 is 4.74 Å². The Morgan fingerprint density at radius 3 is 2.59 bits per heavy atom. The number of hydrogen-bond acceptors (Lipinski definition) is 4. The molecule has 0 saturated carbocycles. The van der Waals surface area contributed by atoms with Crippen molar-refractivity contribution < 1.29 is 31.8 Å². The van der Waals surface area contributed by atoms with Crippen LogP contribution in [-0.2, 0) is 4.74 Å². The number of nitrogens with zero attached hydrogens (tertiary/aromatic N) is 1. The molecule has 0 unspecified atom stereocenters. The number of pyridine rings is 1. The van der Waals surface area contributed by atoms with Gasteiger partial charge in [-0.15, -0.1) is 13.2 Å². The Bertz CT molecular complexity index is 419. The molecule has 0 aliphatic carbocycles. The lowest BCUT2D eigenvalue weighted by atomic mass is 10.3. The standard InChI is InChI=1S/C9H7F4NO3/c1-2-16-8(15)5-3-6(10)7(14-4-5)17-9(11,12)13/h3-4H,2H2,1H3. The zero-order chi connectivity index (χ0) is 13.1. The molecule has 0 atom stereocenters. The predicted molar refractivity (Wildman–Crippen MR) is 46.8 cm³/mol. The highest BCUT2D eigenvalue weighted by Gasteiger charge is 2.33. The van der Waals surface area contributed by atoms with E-state index in [1.165, 1.54) is 6.92 Å². The zero-order valence-corrected chi connectivity index (χ0v) is 8.55. The third-order valence-electron chi connectivity index (χ3n) is 1.53. The monoisotopic (exact) mass is 253 g/mol. The van der Waals surface area contributed by atoms with Crippen molar-refractivity contribution in [3.05, 3.63) is 23.6 Å². The molecule has 0 radical (unpaired) electrons. The first-order valence-corrected chi connectivity index (χ1v) is 4.42. The Labute approximate surface area is 93.2 Å². The number of rotatable bonds is 3. The average Bonchev–Trinajstić information content (AvgIpc) is 2.19. The summed E-state index contributed by atoms with van der Waals surface area (Å²) >= 11 is 0. The van der Waals surface area contributed by atoms with Crippen molar-refractivity contribution in [1.29, 1.82) is 0 Å². The Morgan fingerprint density at radius 1 is 1.47 bits per heavy atom. The maximum Gasteiger partial charge on any atom is 0.574 e. The van der Waals surface area contributed by atoms with Gasteiger partial charge in [0, 0.05) is 6.20 Å². The maximum absolute atomic E-state index is 13.1. The van der Waals surface area contributed by atoms with Crippen molar-refractivity contribution in [2.75, 3.05) is 6.61 Å². The lowest BCUT2D eigenvalue weighted by Crippen LogP contribution is -2.19. The quantitative estimate of drug-likeness (QED) is 0.612. The van der Waals surface area contributed by atoms with Gasteiger partial charge in [0.2, 0.25) is 0 Å². The van der Waals surface area contributed by atoms with E-state index in [-0.39, 0.29) is 12.2 Å². The lowest BCUT2D eigenvalue weighted by molar-refractivity contribution is -0.277. The van der Waals surface area contributed by atoms with Gasteiger partial charge >= 0.3 is 12.3 Å². The molecule has 0 aliphatic heterocycles. The van der Waals surface area contributed by atoms with Crippen molar-refractivity contribution in [1.82, 2.24) is 4.98 Å². The van der Waals surface area contributed by atoms with Crippen LogP contribution in [0, 0.1) is 5.82 Å². The summed E-state index contributed by atoms with van der Waals surface area (Å²) in [6.07, 6.45) is -4.30. The molecular weight excluding hydrogens is 246 g/mol. The number of esters is 1. The highest BCUT2D eigenvalue weighted by molar-refractivity contribution is 5.89. The fraction of sp³-hybridized carbons (Fsp3) is 0.333. The Morgan fingerprint density at radius 2 is 2.12 bits per heavy atom. The topological polar surface area (TPSA) is 48.4 Å². The molecule has 17 heavy (non-hydrogen) atoms. The van der Waals surface area contributed by atoms with E-state index in [9.17, 15) is 22.4 Å². The third-order valence-corrected chi connectivity index (χ3v) is 1.53. The van der Waals surface area contributed by atoms with Crippen LogP contribution in [0.3, 0.4) is 0 Å². The summed E-state index contributed by atoms with van der Waals surface area (Å²) in [5.74, 6) is -3.52. The van der Waals surface area contributed by atoms with Gasteiger partial charge in [-0.2, -0.15) is 0 Å². The molecule has 8 heteroatoms. The van der Waals surface area contributed by atoms with Gasteiger partial charge in [0.25, 0.3) is 5.88 Å². The van der Waals surface area contributed by atoms with E-state index >= 15 is 0 Å². The summed E-state index contributed by atoms with van der Waals surface area (Å²) in [6.45, 7) is 1.59. The summed E-state index contributed by atoms with van der Waals surface area (Å²) in [7, 11) is 0. The molecule has 0 aliphatic rings. The van der Waals surface area contributed by atoms with Gasteiger partial charge in [-0.1, -0.05) is 0 Å². The zero-order valence-electron chi connectivity index (χ0n) is 8.55. The first-order valence-electron chi connectivity index (χ1n) is 4.42. The fourth-order valence-corrected chi connectivity index (χ4v) is 0.936. The molecule has 1 aromatic heterocycles. The van der Waals surface area contributed by atoms with Gasteiger partial charge in [-0.3, -0.25) is 0 Å². The van der Waals surface area contributed by atoms with E-state index < -0.39 is 24.0 Å². The molecule has 0 bridgehead atoms. The van der Waals surface area contributed by atoms with E-state index in [0.717, 1.165) is 6.20 Å².